The number of Topliss-reactive ketones (excluding diaryl/α,β-unsaturated/α-hetero) is 1. The quantitative estimate of drug-likeness (QED) is 0.282. The molecule has 1 aliphatic carbocycles. The first-order valence-electron chi connectivity index (χ1n) is 14.9. The molecule has 1 saturated heterocycles. The molecule has 1 N–H and O–H groups in total. The molecule has 2 aromatic carbocycles. The van der Waals surface area contributed by atoms with Gasteiger partial charge in [0.2, 0.25) is 0 Å². The van der Waals surface area contributed by atoms with Gasteiger partial charge in [0.15, 0.2) is 5.78 Å². The Hall–Kier alpha value is -3.66. The third kappa shape index (κ3) is 5.42. The number of pyridine rings is 1. The van der Waals surface area contributed by atoms with Crippen molar-refractivity contribution in [3.05, 3.63) is 77.2 Å². The first-order valence-corrected chi connectivity index (χ1v) is 14.9. The Morgan fingerprint density at radius 2 is 1.84 bits per heavy atom. The van der Waals surface area contributed by atoms with E-state index in [0.717, 1.165) is 35.1 Å². The first kappa shape index (κ1) is 30.4. The smallest absolute Gasteiger partial charge is 0.337 e. The number of carboxylic acids is 1. The summed E-state index contributed by atoms with van der Waals surface area (Å²) in [4.78, 5) is 44.4. The number of rotatable bonds is 6. The Bertz CT molecular complexity index is 1800. The standard InChI is InChI=1S/C34H33N3O6.Na/c1-3-42-30-15-22(14-27-31(30)20(2)19-37(27)25-5-6-25)32(39)36-10-8-34(9-11-36)16-28(38)26-13-21(4-7-29(26)43-34)23-12-24(33(40)41)18-35-17-23;/h4,7,12-15,17-19,25H,3,5-6,8-11,16H2,1-2H3,(H,40,41);. The van der Waals surface area contributed by atoms with Gasteiger partial charge in [-0.25, -0.2) is 4.79 Å². The average Bonchev–Trinajstić information content (AvgIpc) is 3.80. The van der Waals surface area contributed by atoms with Gasteiger partial charge in [-0.3, -0.25) is 14.6 Å². The summed E-state index contributed by atoms with van der Waals surface area (Å²) in [6.45, 7) is 5.53. The number of hydrogen-bond acceptors (Lipinski definition) is 6. The number of fused-ring (bicyclic) bond motifs is 2. The maximum absolute atomic E-state index is 13.8. The van der Waals surface area contributed by atoms with E-state index in [0.29, 0.717) is 66.6 Å². The molecule has 44 heavy (non-hydrogen) atoms. The van der Waals surface area contributed by atoms with Crippen LogP contribution in [0.3, 0.4) is 0 Å². The Kier molecular flexibility index (Phi) is 8.07. The van der Waals surface area contributed by atoms with Crippen molar-refractivity contribution in [2.75, 3.05) is 19.7 Å². The summed E-state index contributed by atoms with van der Waals surface area (Å²) >= 11 is 0. The Morgan fingerprint density at radius 3 is 2.55 bits per heavy atom. The van der Waals surface area contributed by atoms with Crippen molar-refractivity contribution in [2.24, 2.45) is 0 Å². The van der Waals surface area contributed by atoms with Crippen LogP contribution in [0.1, 0.15) is 81.7 Å². The van der Waals surface area contributed by atoms with Gasteiger partial charge in [-0.05, 0) is 68.1 Å². The van der Waals surface area contributed by atoms with Gasteiger partial charge in [0.1, 0.15) is 17.1 Å². The molecule has 10 heteroatoms. The van der Waals surface area contributed by atoms with Gasteiger partial charge >= 0.3 is 5.97 Å². The number of aromatic carboxylic acids is 1. The molecule has 2 aliphatic heterocycles. The fourth-order valence-corrected chi connectivity index (χ4v) is 6.56. The van der Waals surface area contributed by atoms with Crippen molar-refractivity contribution in [3.8, 4) is 22.6 Å². The molecule has 1 spiro atoms. The van der Waals surface area contributed by atoms with E-state index in [1.54, 1.807) is 24.4 Å². The van der Waals surface area contributed by atoms with Crippen molar-refractivity contribution in [3.63, 3.8) is 0 Å². The second-order valence-electron chi connectivity index (χ2n) is 11.9. The summed E-state index contributed by atoms with van der Waals surface area (Å²) in [5.74, 6) is 0.148. The fraction of sp³-hybridized carbons (Fsp3) is 0.353. The topological polar surface area (TPSA) is 111 Å². The van der Waals surface area contributed by atoms with Crippen LogP contribution < -0.4 is 9.47 Å². The van der Waals surface area contributed by atoms with E-state index >= 15 is 0 Å². The summed E-state index contributed by atoms with van der Waals surface area (Å²) in [5, 5.41) is 10.4. The van der Waals surface area contributed by atoms with Crippen LogP contribution >= 0.6 is 0 Å². The largest absolute Gasteiger partial charge is 0.493 e. The van der Waals surface area contributed by atoms with Crippen LogP contribution in [0.15, 0.2) is 55.0 Å². The molecule has 2 fully saturated rings. The number of carbonyl (C=O) groups is 3. The number of benzene rings is 2. The molecular formula is C34H33N3NaO6. The minimum atomic E-state index is -1.06. The molecule has 9 nitrogen and oxygen atoms in total. The van der Waals surface area contributed by atoms with Crippen LogP contribution in [0.5, 0.6) is 11.5 Å². The van der Waals surface area contributed by atoms with Gasteiger partial charge in [-0.15, -0.1) is 0 Å². The van der Waals surface area contributed by atoms with Crippen LogP contribution in [0.25, 0.3) is 22.0 Å². The number of ether oxygens (including phenoxy) is 2. The average molecular weight is 603 g/mol. The normalized spacial score (nSPS) is 17.1. The van der Waals surface area contributed by atoms with E-state index in [-0.39, 0.29) is 53.2 Å². The van der Waals surface area contributed by atoms with Gasteiger partial charge in [-0.2, -0.15) is 0 Å². The van der Waals surface area contributed by atoms with Gasteiger partial charge in [-0.1, -0.05) is 6.07 Å². The molecule has 0 bridgehead atoms. The first-order chi connectivity index (χ1) is 20.7. The molecule has 7 rings (SSSR count). The summed E-state index contributed by atoms with van der Waals surface area (Å²) in [6.07, 6.45) is 8.68. The van der Waals surface area contributed by atoms with Gasteiger partial charge in [0.05, 0.1) is 29.7 Å². The predicted octanol–water partition coefficient (Wildman–Crippen LogP) is 5.70. The maximum atomic E-state index is 13.8. The summed E-state index contributed by atoms with van der Waals surface area (Å²) in [7, 11) is 0. The zero-order valence-corrected chi connectivity index (χ0v) is 27.3. The number of aryl methyl sites for hydroxylation is 1. The molecule has 3 aliphatic rings. The minimum Gasteiger partial charge on any atom is -0.493 e. The van der Waals surface area contributed by atoms with Crippen molar-refractivity contribution >= 4 is 58.1 Å². The van der Waals surface area contributed by atoms with Gasteiger partial charge in [0, 0.05) is 96.6 Å². The van der Waals surface area contributed by atoms with E-state index in [9.17, 15) is 19.5 Å². The summed E-state index contributed by atoms with van der Waals surface area (Å²) in [5.41, 5.74) is 4.04. The number of ketones is 1. The zero-order chi connectivity index (χ0) is 29.9. The number of carboxylic acid groups (broad SMARTS) is 1. The van der Waals surface area contributed by atoms with Crippen molar-refractivity contribution in [1.82, 2.24) is 14.5 Å². The SMILES string of the molecule is CCOc1cc(C(=O)N2CCC3(CC2)CC(=O)c2cc(-c4cncc(C(=O)O)c4)ccc2O3)cc2c1c(C)cn2C1CC1.[Na]. The maximum Gasteiger partial charge on any atom is 0.337 e. The third-order valence-electron chi connectivity index (χ3n) is 8.94. The number of aromatic nitrogens is 2. The second-order valence-corrected chi connectivity index (χ2v) is 11.9. The molecule has 0 atom stereocenters. The molecule has 0 unspecified atom stereocenters. The molecule has 4 heterocycles. The van der Waals surface area contributed by atoms with E-state index in [4.69, 9.17) is 9.47 Å². The number of amides is 1. The molecule has 221 valence electrons. The molecule has 1 amide bonds. The molecular weight excluding hydrogens is 569 g/mol. The Labute approximate surface area is 277 Å². The van der Waals surface area contributed by atoms with Crippen molar-refractivity contribution < 1.29 is 29.0 Å². The van der Waals surface area contributed by atoms with Crippen LogP contribution in [-0.4, -0.2) is 92.1 Å². The number of hydrogen-bond donors (Lipinski definition) is 1. The van der Waals surface area contributed by atoms with Crippen LogP contribution in [0.2, 0.25) is 0 Å². The third-order valence-corrected chi connectivity index (χ3v) is 8.94. The summed E-state index contributed by atoms with van der Waals surface area (Å²) in [6, 6.07) is 11.2. The van der Waals surface area contributed by atoms with E-state index in [2.05, 4.69) is 22.7 Å². The van der Waals surface area contributed by atoms with E-state index in [1.165, 1.54) is 6.20 Å². The van der Waals surface area contributed by atoms with Crippen molar-refractivity contribution in [2.45, 2.75) is 57.6 Å². The van der Waals surface area contributed by atoms with E-state index < -0.39 is 11.6 Å². The fourth-order valence-electron chi connectivity index (χ4n) is 6.56. The van der Waals surface area contributed by atoms with Gasteiger partial charge < -0.3 is 24.0 Å². The Balaban J connectivity index is 0.00000343. The van der Waals surface area contributed by atoms with Crippen LogP contribution in [-0.2, 0) is 0 Å². The Morgan fingerprint density at radius 1 is 1.07 bits per heavy atom. The number of likely N-dealkylation sites (tertiary alicyclic amines) is 1. The number of piperidine rings is 1. The number of nitrogens with zero attached hydrogens (tertiary/aromatic N) is 3. The molecule has 2 aromatic heterocycles. The monoisotopic (exact) mass is 602 g/mol. The van der Waals surface area contributed by atoms with E-state index in [1.807, 2.05) is 30.0 Å². The van der Waals surface area contributed by atoms with Crippen LogP contribution in [0.4, 0.5) is 0 Å². The molecule has 1 saturated carbocycles. The minimum absolute atomic E-state index is 0. The number of carbonyl (C=O) groups excluding carboxylic acids is 2. The van der Waals surface area contributed by atoms with Crippen molar-refractivity contribution in [1.29, 1.82) is 0 Å². The molecule has 1 radical (unpaired) electrons. The predicted molar refractivity (Wildman–Crippen MR) is 166 cm³/mol. The zero-order valence-electron chi connectivity index (χ0n) is 25.3. The van der Waals surface area contributed by atoms with Gasteiger partial charge in [0.25, 0.3) is 5.91 Å². The molecule has 4 aromatic rings. The second kappa shape index (κ2) is 11.7. The van der Waals surface area contributed by atoms with Crippen LogP contribution in [0, 0.1) is 6.92 Å². The summed E-state index contributed by atoms with van der Waals surface area (Å²) < 4.78 is 14.8.